The van der Waals surface area contributed by atoms with Crippen molar-refractivity contribution in [2.45, 2.75) is 27.7 Å². The molecule has 0 bridgehead atoms. The second kappa shape index (κ2) is 7.86. The van der Waals surface area contributed by atoms with E-state index in [-0.39, 0.29) is 23.1 Å². The van der Waals surface area contributed by atoms with Gasteiger partial charge in [-0.2, -0.15) is 0 Å². The van der Waals surface area contributed by atoms with Crippen molar-refractivity contribution in [1.29, 1.82) is 0 Å². The highest BCUT2D eigenvalue weighted by molar-refractivity contribution is 6.23. The molecule has 2 rings (SSSR count). The lowest BCUT2D eigenvalue weighted by molar-refractivity contribution is -0.155. The Morgan fingerprint density at radius 2 is 1.63 bits per heavy atom. The Bertz CT molecular complexity index is 895. The van der Waals surface area contributed by atoms with Gasteiger partial charge < -0.3 is 20.5 Å². The number of carbonyl (C=O) groups is 4. The lowest BCUT2D eigenvalue weighted by Crippen LogP contribution is -2.29. The summed E-state index contributed by atoms with van der Waals surface area (Å²) in [5.74, 6) is -4.02. The molecule has 1 aliphatic heterocycles. The minimum absolute atomic E-state index is 0.150. The van der Waals surface area contributed by atoms with E-state index in [0.29, 0.717) is 11.4 Å². The molecule has 8 nitrogen and oxygen atoms in total. The van der Waals surface area contributed by atoms with Gasteiger partial charge in [-0.3, -0.25) is 9.59 Å². The molecule has 3 N–H and O–H groups in total. The molecule has 0 aliphatic carbocycles. The zero-order valence-electron chi connectivity index (χ0n) is 15.4. The quantitative estimate of drug-likeness (QED) is 0.314. The second-order valence-electron chi connectivity index (χ2n) is 6.31. The molecule has 142 valence electrons. The van der Waals surface area contributed by atoms with Gasteiger partial charge in [-0.25, -0.2) is 9.59 Å². The van der Waals surface area contributed by atoms with E-state index in [0.717, 1.165) is 6.92 Å². The number of aliphatic hydroxyl groups is 1. The summed E-state index contributed by atoms with van der Waals surface area (Å²) >= 11 is 0. The van der Waals surface area contributed by atoms with E-state index in [9.17, 15) is 24.3 Å². The average Bonchev–Trinajstić information content (AvgIpc) is 2.53. The van der Waals surface area contributed by atoms with Gasteiger partial charge in [-0.1, -0.05) is 19.9 Å². The van der Waals surface area contributed by atoms with Crippen molar-refractivity contribution in [1.82, 2.24) is 0 Å². The third-order valence-corrected chi connectivity index (χ3v) is 3.78. The number of benzene rings is 1. The predicted molar refractivity (Wildman–Crippen MR) is 97.7 cm³/mol. The maximum atomic E-state index is 12.0. The number of Topliss-reactive ketones (excluding diaryl/α,β-unsaturated/α-hetero) is 1. The molecule has 0 atom stereocenters. The summed E-state index contributed by atoms with van der Waals surface area (Å²) in [5, 5.41) is 15.9. The van der Waals surface area contributed by atoms with Crippen LogP contribution in [0, 0.1) is 5.92 Å². The molecule has 8 heteroatoms. The van der Waals surface area contributed by atoms with E-state index < -0.39 is 29.1 Å². The van der Waals surface area contributed by atoms with E-state index in [1.165, 1.54) is 6.92 Å². The van der Waals surface area contributed by atoms with Crippen LogP contribution in [0.15, 0.2) is 46.9 Å². The third kappa shape index (κ3) is 4.41. The van der Waals surface area contributed by atoms with Gasteiger partial charge in [0.2, 0.25) is 5.91 Å². The summed E-state index contributed by atoms with van der Waals surface area (Å²) < 4.78 is 4.53. The summed E-state index contributed by atoms with van der Waals surface area (Å²) in [6.07, 6.45) is 0. The number of amides is 1. The molecule has 1 aromatic carbocycles. The van der Waals surface area contributed by atoms with Crippen molar-refractivity contribution < 1.29 is 29.0 Å². The zero-order valence-corrected chi connectivity index (χ0v) is 15.4. The first-order chi connectivity index (χ1) is 12.6. The number of ketones is 1. The number of ether oxygens (including phenoxy) is 1. The van der Waals surface area contributed by atoms with Crippen LogP contribution in [0.2, 0.25) is 0 Å². The Kier molecular flexibility index (Phi) is 5.79. The summed E-state index contributed by atoms with van der Waals surface area (Å²) in [5.41, 5.74) is 0.349. The number of nitrogens with one attached hydrogen (secondary N) is 2. The molecule has 1 aliphatic rings. The van der Waals surface area contributed by atoms with Gasteiger partial charge in [0.05, 0.1) is 0 Å². The lowest BCUT2D eigenvalue weighted by Gasteiger charge is -2.18. The van der Waals surface area contributed by atoms with E-state index in [1.807, 2.05) is 0 Å². The van der Waals surface area contributed by atoms with Gasteiger partial charge in [0, 0.05) is 23.0 Å². The van der Waals surface area contributed by atoms with Gasteiger partial charge in [0.1, 0.15) is 16.9 Å². The van der Waals surface area contributed by atoms with E-state index in [2.05, 4.69) is 15.4 Å². The Morgan fingerprint density at radius 3 is 2.19 bits per heavy atom. The highest BCUT2D eigenvalue weighted by atomic mass is 16.6. The normalized spacial score (nSPS) is 16.2. The first-order valence-electron chi connectivity index (χ1n) is 8.21. The Labute approximate surface area is 155 Å². The SMILES string of the molecule is CC(=O)C1=C(O)C(=C(C)Nc2cccc(NC(=O)C(C)C)c2)C(=O)OC1=O. The second-order valence-corrected chi connectivity index (χ2v) is 6.31. The Balaban J connectivity index is 2.36. The number of cyclic esters (lactones) is 2. The van der Waals surface area contributed by atoms with E-state index in [1.54, 1.807) is 38.1 Å². The van der Waals surface area contributed by atoms with Crippen LogP contribution in [-0.4, -0.2) is 28.7 Å². The number of esters is 2. The van der Waals surface area contributed by atoms with Crippen molar-refractivity contribution in [3.05, 3.63) is 46.9 Å². The molecule has 0 saturated heterocycles. The summed E-state index contributed by atoms with van der Waals surface area (Å²) in [4.78, 5) is 47.0. The number of rotatable bonds is 5. The van der Waals surface area contributed by atoms with Crippen molar-refractivity contribution in [2.24, 2.45) is 5.92 Å². The van der Waals surface area contributed by atoms with Gasteiger partial charge in [-0.05, 0) is 32.0 Å². The number of carbonyl (C=O) groups excluding carboxylic acids is 4. The number of hydrogen-bond acceptors (Lipinski definition) is 7. The van der Waals surface area contributed by atoms with Crippen molar-refractivity contribution in [3.8, 4) is 0 Å². The molecule has 1 amide bonds. The molecule has 0 spiro atoms. The van der Waals surface area contributed by atoms with Gasteiger partial charge in [0.15, 0.2) is 5.78 Å². The molecule has 0 saturated carbocycles. The first kappa shape index (κ1) is 19.9. The van der Waals surface area contributed by atoms with Crippen LogP contribution in [0.5, 0.6) is 0 Å². The monoisotopic (exact) mass is 372 g/mol. The highest BCUT2D eigenvalue weighted by Gasteiger charge is 2.36. The van der Waals surface area contributed by atoms with Crippen molar-refractivity contribution >= 4 is 35.0 Å². The molecule has 1 heterocycles. The summed E-state index contributed by atoms with van der Waals surface area (Å²) in [6, 6.07) is 6.71. The molecular weight excluding hydrogens is 352 g/mol. The van der Waals surface area contributed by atoms with Crippen LogP contribution in [0.4, 0.5) is 11.4 Å². The van der Waals surface area contributed by atoms with Gasteiger partial charge in [-0.15, -0.1) is 0 Å². The van der Waals surface area contributed by atoms with Crippen LogP contribution < -0.4 is 10.6 Å². The topological polar surface area (TPSA) is 122 Å². The average molecular weight is 372 g/mol. The summed E-state index contributed by atoms with van der Waals surface area (Å²) in [7, 11) is 0. The largest absolute Gasteiger partial charge is 0.506 e. The standard InChI is InChI=1S/C19H20N2O6/c1-9(2)17(24)21-13-7-5-6-12(8-13)20-10(3)14-16(23)15(11(4)22)19(26)27-18(14)25/h5-9,20,23H,1-4H3,(H,21,24). The highest BCUT2D eigenvalue weighted by Crippen LogP contribution is 2.26. The molecule has 0 fully saturated rings. The fourth-order valence-corrected chi connectivity index (χ4v) is 2.39. The number of allylic oxidation sites excluding steroid dienone is 1. The molecule has 1 aromatic rings. The number of anilines is 2. The fourth-order valence-electron chi connectivity index (χ4n) is 2.39. The molecule has 27 heavy (non-hydrogen) atoms. The first-order valence-corrected chi connectivity index (χ1v) is 8.21. The minimum Gasteiger partial charge on any atom is -0.506 e. The van der Waals surface area contributed by atoms with Crippen LogP contribution in [0.25, 0.3) is 0 Å². The van der Waals surface area contributed by atoms with E-state index in [4.69, 9.17) is 0 Å². The van der Waals surface area contributed by atoms with Gasteiger partial charge in [0.25, 0.3) is 0 Å². The van der Waals surface area contributed by atoms with Crippen LogP contribution >= 0.6 is 0 Å². The van der Waals surface area contributed by atoms with Crippen molar-refractivity contribution in [2.75, 3.05) is 10.6 Å². The van der Waals surface area contributed by atoms with Crippen LogP contribution in [0.1, 0.15) is 27.7 Å². The zero-order chi connectivity index (χ0) is 20.3. The number of hydrogen-bond donors (Lipinski definition) is 3. The van der Waals surface area contributed by atoms with Gasteiger partial charge >= 0.3 is 11.9 Å². The summed E-state index contributed by atoms with van der Waals surface area (Å²) in [6.45, 7) is 6.11. The predicted octanol–water partition coefficient (Wildman–Crippen LogP) is 2.45. The maximum Gasteiger partial charge on any atom is 0.353 e. The molecule has 0 radical (unpaired) electrons. The van der Waals surface area contributed by atoms with Crippen molar-refractivity contribution in [3.63, 3.8) is 0 Å². The number of aliphatic hydroxyl groups excluding tert-OH is 1. The van der Waals surface area contributed by atoms with Crippen LogP contribution in [0.3, 0.4) is 0 Å². The minimum atomic E-state index is -1.18. The maximum absolute atomic E-state index is 12.0. The molecular formula is C19H20N2O6. The fraction of sp³-hybridized carbons (Fsp3) is 0.263. The Morgan fingerprint density at radius 1 is 1.04 bits per heavy atom. The smallest absolute Gasteiger partial charge is 0.353 e. The lowest BCUT2D eigenvalue weighted by atomic mass is 10.0. The van der Waals surface area contributed by atoms with Crippen LogP contribution in [-0.2, 0) is 23.9 Å². The molecule has 0 aromatic heterocycles. The molecule has 0 unspecified atom stereocenters. The Hall–Kier alpha value is -3.42. The van der Waals surface area contributed by atoms with E-state index >= 15 is 0 Å². The third-order valence-electron chi connectivity index (χ3n) is 3.78.